The Balaban J connectivity index is 1.48. The van der Waals surface area contributed by atoms with Crippen molar-refractivity contribution in [2.75, 3.05) is 70.7 Å². The number of methoxy groups -OCH3 is 1. The van der Waals surface area contributed by atoms with Gasteiger partial charge in [0.05, 0.1) is 12.7 Å². The van der Waals surface area contributed by atoms with Crippen molar-refractivity contribution in [3.05, 3.63) is 48.2 Å². The lowest BCUT2D eigenvalue weighted by Crippen LogP contribution is -2.48. The zero-order chi connectivity index (χ0) is 20.6. The topological polar surface area (TPSA) is 60.9 Å². The number of piperazine rings is 1. The highest BCUT2D eigenvalue weighted by Gasteiger charge is 2.22. The van der Waals surface area contributed by atoms with Crippen LogP contribution in [0.2, 0.25) is 0 Å². The van der Waals surface area contributed by atoms with Gasteiger partial charge in [0.1, 0.15) is 11.6 Å². The van der Waals surface area contributed by atoms with Gasteiger partial charge in [-0.2, -0.15) is 0 Å². The molecule has 1 saturated heterocycles. The molecule has 2 heterocycles. The minimum Gasteiger partial charge on any atom is -0.497 e. The molecule has 156 valence electrons. The summed E-state index contributed by atoms with van der Waals surface area (Å²) in [6.07, 6.45) is 2.72. The van der Waals surface area contributed by atoms with Crippen LogP contribution in [0.15, 0.2) is 42.6 Å². The number of hydrogen-bond acceptors (Lipinski definition) is 6. The van der Waals surface area contributed by atoms with Crippen LogP contribution < -0.4 is 15.0 Å². The highest BCUT2D eigenvalue weighted by Crippen LogP contribution is 2.21. The van der Waals surface area contributed by atoms with Crippen LogP contribution in [0.5, 0.6) is 5.75 Å². The Morgan fingerprint density at radius 3 is 2.41 bits per heavy atom. The second-order valence-corrected chi connectivity index (χ2v) is 7.49. The standard InChI is InChI=1S/C22H31N5O2/c1-25(2)12-4-11-23-21-10-5-18(17-24-21)22(28)27-15-13-26(14-16-27)19-6-8-20(29-3)9-7-19/h5-10,17H,4,11-16H2,1-3H3,(H,23,24). The number of ether oxygens (including phenoxy) is 1. The van der Waals surface area contributed by atoms with Crippen LogP contribution in [0, 0.1) is 0 Å². The van der Waals surface area contributed by atoms with Crippen LogP contribution in [0.3, 0.4) is 0 Å². The van der Waals surface area contributed by atoms with Gasteiger partial charge in [0.25, 0.3) is 5.91 Å². The van der Waals surface area contributed by atoms with Crippen LogP contribution in [0.1, 0.15) is 16.8 Å². The second-order valence-electron chi connectivity index (χ2n) is 7.49. The van der Waals surface area contributed by atoms with E-state index in [9.17, 15) is 4.79 Å². The third kappa shape index (κ3) is 5.84. The van der Waals surface area contributed by atoms with Crippen molar-refractivity contribution in [2.45, 2.75) is 6.42 Å². The molecule has 0 aliphatic carbocycles. The average molecular weight is 398 g/mol. The van der Waals surface area contributed by atoms with Crippen molar-refractivity contribution in [3.63, 3.8) is 0 Å². The van der Waals surface area contributed by atoms with E-state index in [0.717, 1.165) is 49.9 Å². The monoisotopic (exact) mass is 397 g/mol. The maximum atomic E-state index is 12.8. The molecule has 1 amide bonds. The van der Waals surface area contributed by atoms with E-state index in [1.54, 1.807) is 13.3 Å². The SMILES string of the molecule is COc1ccc(N2CCN(C(=O)c3ccc(NCCCN(C)C)nc3)CC2)cc1. The molecule has 1 aromatic heterocycles. The summed E-state index contributed by atoms with van der Waals surface area (Å²) < 4.78 is 5.22. The van der Waals surface area contributed by atoms with Gasteiger partial charge in [-0.1, -0.05) is 0 Å². The Morgan fingerprint density at radius 2 is 1.83 bits per heavy atom. The molecule has 3 rings (SSSR count). The Kier molecular flexibility index (Phi) is 7.30. The minimum atomic E-state index is 0.0473. The molecule has 1 N–H and O–H groups in total. The molecule has 0 unspecified atom stereocenters. The van der Waals surface area contributed by atoms with Gasteiger partial charge in [-0.05, 0) is 63.5 Å². The maximum Gasteiger partial charge on any atom is 0.255 e. The predicted octanol–water partition coefficient (Wildman–Crippen LogP) is 2.42. The summed E-state index contributed by atoms with van der Waals surface area (Å²) in [5, 5.41) is 3.30. The summed E-state index contributed by atoms with van der Waals surface area (Å²) in [5.74, 6) is 1.71. The summed E-state index contributed by atoms with van der Waals surface area (Å²) in [7, 11) is 5.80. The molecule has 0 radical (unpaired) electrons. The molecular formula is C22H31N5O2. The number of carbonyl (C=O) groups excluding carboxylic acids is 1. The molecule has 0 bridgehead atoms. The smallest absolute Gasteiger partial charge is 0.255 e. The van der Waals surface area contributed by atoms with Gasteiger partial charge in [-0.25, -0.2) is 4.98 Å². The average Bonchev–Trinajstić information content (AvgIpc) is 2.77. The summed E-state index contributed by atoms with van der Waals surface area (Å²) >= 11 is 0. The number of anilines is 2. The van der Waals surface area contributed by atoms with Gasteiger partial charge in [-0.3, -0.25) is 4.79 Å². The summed E-state index contributed by atoms with van der Waals surface area (Å²) in [5.41, 5.74) is 1.80. The largest absolute Gasteiger partial charge is 0.497 e. The van der Waals surface area contributed by atoms with E-state index < -0.39 is 0 Å². The van der Waals surface area contributed by atoms with Crippen molar-refractivity contribution in [1.29, 1.82) is 0 Å². The van der Waals surface area contributed by atoms with E-state index in [1.165, 1.54) is 0 Å². The van der Waals surface area contributed by atoms with Crippen LogP contribution in [0.4, 0.5) is 11.5 Å². The fourth-order valence-corrected chi connectivity index (χ4v) is 3.38. The van der Waals surface area contributed by atoms with Gasteiger partial charge < -0.3 is 24.8 Å². The number of nitrogens with zero attached hydrogens (tertiary/aromatic N) is 4. The predicted molar refractivity (Wildman–Crippen MR) is 117 cm³/mol. The van der Waals surface area contributed by atoms with Crippen LogP contribution in [-0.2, 0) is 0 Å². The lowest BCUT2D eigenvalue weighted by molar-refractivity contribution is 0.0746. The van der Waals surface area contributed by atoms with Crippen molar-refractivity contribution < 1.29 is 9.53 Å². The molecule has 1 aliphatic rings. The zero-order valence-corrected chi connectivity index (χ0v) is 17.6. The Labute approximate surface area is 173 Å². The second kappa shape index (κ2) is 10.1. The van der Waals surface area contributed by atoms with Gasteiger partial charge >= 0.3 is 0 Å². The molecule has 0 saturated carbocycles. The molecule has 1 aliphatic heterocycles. The fourth-order valence-electron chi connectivity index (χ4n) is 3.38. The van der Waals surface area contributed by atoms with Gasteiger partial charge in [0.2, 0.25) is 0 Å². The van der Waals surface area contributed by atoms with E-state index in [0.29, 0.717) is 18.7 Å². The van der Waals surface area contributed by atoms with Gasteiger partial charge in [0, 0.05) is 44.6 Å². The molecule has 2 aromatic rings. The Bertz CT molecular complexity index is 769. The maximum absolute atomic E-state index is 12.8. The number of benzene rings is 1. The first-order valence-electron chi connectivity index (χ1n) is 10.1. The number of hydrogen-bond donors (Lipinski definition) is 1. The zero-order valence-electron chi connectivity index (χ0n) is 17.6. The summed E-state index contributed by atoms with van der Waals surface area (Å²) in [4.78, 5) is 23.5. The van der Waals surface area contributed by atoms with Gasteiger partial charge in [-0.15, -0.1) is 0 Å². The van der Waals surface area contributed by atoms with Crippen LogP contribution in [0.25, 0.3) is 0 Å². The number of rotatable bonds is 8. The van der Waals surface area contributed by atoms with E-state index in [2.05, 4.69) is 46.3 Å². The van der Waals surface area contributed by atoms with E-state index >= 15 is 0 Å². The molecule has 7 nitrogen and oxygen atoms in total. The molecule has 0 spiro atoms. The normalized spacial score (nSPS) is 14.2. The lowest BCUT2D eigenvalue weighted by atomic mass is 10.2. The third-order valence-electron chi connectivity index (χ3n) is 5.10. The fraction of sp³-hybridized carbons (Fsp3) is 0.455. The van der Waals surface area contributed by atoms with Crippen molar-refractivity contribution in [3.8, 4) is 5.75 Å². The number of nitrogens with one attached hydrogen (secondary N) is 1. The highest BCUT2D eigenvalue weighted by molar-refractivity contribution is 5.94. The quantitative estimate of drug-likeness (QED) is 0.691. The highest BCUT2D eigenvalue weighted by atomic mass is 16.5. The van der Waals surface area contributed by atoms with Crippen molar-refractivity contribution in [2.24, 2.45) is 0 Å². The van der Waals surface area contributed by atoms with E-state index in [1.807, 2.05) is 29.2 Å². The Morgan fingerprint density at radius 1 is 1.10 bits per heavy atom. The first kappa shape index (κ1) is 20.9. The van der Waals surface area contributed by atoms with Crippen LogP contribution >= 0.6 is 0 Å². The molecule has 7 heteroatoms. The van der Waals surface area contributed by atoms with Crippen LogP contribution in [-0.4, -0.2) is 81.2 Å². The Hall–Kier alpha value is -2.80. The van der Waals surface area contributed by atoms with Crippen molar-refractivity contribution >= 4 is 17.4 Å². The van der Waals surface area contributed by atoms with E-state index in [-0.39, 0.29) is 5.91 Å². The molecule has 0 atom stereocenters. The summed E-state index contributed by atoms with van der Waals surface area (Å²) in [6.45, 7) is 4.94. The first-order chi connectivity index (χ1) is 14.1. The number of pyridine rings is 1. The minimum absolute atomic E-state index is 0.0473. The summed E-state index contributed by atoms with van der Waals surface area (Å²) in [6, 6.07) is 11.8. The number of carbonyl (C=O) groups is 1. The van der Waals surface area contributed by atoms with Gasteiger partial charge in [0.15, 0.2) is 0 Å². The molecule has 29 heavy (non-hydrogen) atoms. The third-order valence-corrected chi connectivity index (χ3v) is 5.10. The van der Waals surface area contributed by atoms with Crippen molar-refractivity contribution in [1.82, 2.24) is 14.8 Å². The molecule has 1 fully saturated rings. The van der Waals surface area contributed by atoms with E-state index in [4.69, 9.17) is 4.74 Å². The molecular weight excluding hydrogens is 366 g/mol. The number of aromatic nitrogens is 1. The lowest BCUT2D eigenvalue weighted by Gasteiger charge is -2.36. The first-order valence-corrected chi connectivity index (χ1v) is 10.1. The molecule has 1 aromatic carbocycles. The number of amides is 1.